The first-order valence-corrected chi connectivity index (χ1v) is 9.21. The van der Waals surface area contributed by atoms with Gasteiger partial charge in [0.2, 0.25) is 0 Å². The highest BCUT2D eigenvalue weighted by Crippen LogP contribution is 2.27. The summed E-state index contributed by atoms with van der Waals surface area (Å²) in [7, 11) is 0. The SMILES string of the molecule is CCn1c(C2CCN(C(=O)c3cccc(-c4ncc[nH]4)c3)CC2)n[nH]c1=O. The van der Waals surface area contributed by atoms with Crippen molar-refractivity contribution in [3.63, 3.8) is 0 Å². The van der Waals surface area contributed by atoms with E-state index in [9.17, 15) is 9.59 Å². The molecule has 4 rings (SSSR count). The van der Waals surface area contributed by atoms with Crippen LogP contribution in [0.3, 0.4) is 0 Å². The van der Waals surface area contributed by atoms with Crippen LogP contribution in [0.15, 0.2) is 41.5 Å². The highest BCUT2D eigenvalue weighted by atomic mass is 16.2. The number of carbonyl (C=O) groups is 1. The number of piperidine rings is 1. The standard InChI is InChI=1S/C19H22N6O2/c1-2-25-17(22-23-19(25)27)13-6-10-24(11-7-13)18(26)15-5-3-4-14(12-15)16-20-8-9-21-16/h3-5,8-9,12-13H,2,6-7,10-11H2,1H3,(H,20,21)(H,23,27). The Hall–Kier alpha value is -3.16. The molecule has 0 saturated carbocycles. The Balaban J connectivity index is 1.46. The third-order valence-corrected chi connectivity index (χ3v) is 5.13. The summed E-state index contributed by atoms with van der Waals surface area (Å²) in [6, 6.07) is 7.52. The molecule has 1 aliphatic rings. The second-order valence-electron chi connectivity index (χ2n) is 6.72. The van der Waals surface area contributed by atoms with Gasteiger partial charge in [0.05, 0.1) is 0 Å². The Morgan fingerprint density at radius 2 is 2.11 bits per heavy atom. The first-order valence-electron chi connectivity index (χ1n) is 9.21. The Morgan fingerprint density at radius 1 is 1.30 bits per heavy atom. The van der Waals surface area contributed by atoms with Crippen molar-refractivity contribution < 1.29 is 4.79 Å². The lowest BCUT2D eigenvalue weighted by Crippen LogP contribution is -2.38. The lowest BCUT2D eigenvalue weighted by molar-refractivity contribution is 0.0710. The molecule has 1 aliphatic heterocycles. The molecule has 27 heavy (non-hydrogen) atoms. The number of amides is 1. The molecule has 8 heteroatoms. The van der Waals surface area contributed by atoms with Crippen LogP contribution < -0.4 is 5.69 Å². The number of nitrogens with zero attached hydrogens (tertiary/aromatic N) is 4. The number of H-pyrrole nitrogens is 2. The van der Waals surface area contributed by atoms with Crippen LogP contribution in [0.25, 0.3) is 11.4 Å². The maximum absolute atomic E-state index is 12.9. The molecular weight excluding hydrogens is 344 g/mol. The van der Waals surface area contributed by atoms with Gasteiger partial charge in [0.25, 0.3) is 5.91 Å². The molecule has 140 valence electrons. The molecule has 2 aromatic heterocycles. The Kier molecular flexibility index (Phi) is 4.62. The van der Waals surface area contributed by atoms with E-state index in [1.807, 2.05) is 36.1 Å². The van der Waals surface area contributed by atoms with Gasteiger partial charge < -0.3 is 9.88 Å². The normalized spacial score (nSPS) is 15.2. The summed E-state index contributed by atoms with van der Waals surface area (Å²) in [5, 5.41) is 6.72. The van der Waals surface area contributed by atoms with Crippen molar-refractivity contribution in [2.24, 2.45) is 0 Å². The fourth-order valence-electron chi connectivity index (χ4n) is 3.69. The molecule has 8 nitrogen and oxygen atoms in total. The van der Waals surface area contributed by atoms with Crippen molar-refractivity contribution >= 4 is 5.91 Å². The van der Waals surface area contributed by atoms with E-state index >= 15 is 0 Å². The molecular formula is C19H22N6O2. The zero-order valence-corrected chi connectivity index (χ0v) is 15.2. The molecule has 0 atom stereocenters. The van der Waals surface area contributed by atoms with Crippen molar-refractivity contribution in [1.82, 2.24) is 29.6 Å². The fourth-order valence-corrected chi connectivity index (χ4v) is 3.69. The summed E-state index contributed by atoms with van der Waals surface area (Å²) in [5.41, 5.74) is 1.39. The molecule has 0 bridgehead atoms. The molecule has 0 radical (unpaired) electrons. The van der Waals surface area contributed by atoms with Crippen molar-refractivity contribution in [2.45, 2.75) is 32.2 Å². The van der Waals surface area contributed by atoms with E-state index in [1.54, 1.807) is 17.0 Å². The Labute approximate surface area is 156 Å². The fraction of sp³-hybridized carbons (Fsp3) is 0.368. The lowest BCUT2D eigenvalue weighted by Gasteiger charge is -2.31. The maximum Gasteiger partial charge on any atom is 0.343 e. The molecule has 0 unspecified atom stereocenters. The van der Waals surface area contributed by atoms with E-state index in [0.717, 1.165) is 30.1 Å². The average Bonchev–Trinajstić information content (AvgIpc) is 3.37. The summed E-state index contributed by atoms with van der Waals surface area (Å²) in [6.07, 6.45) is 5.06. The number of imidazole rings is 1. The van der Waals surface area contributed by atoms with Crippen LogP contribution in [0.1, 0.15) is 41.9 Å². The van der Waals surface area contributed by atoms with Crippen molar-refractivity contribution in [3.8, 4) is 11.4 Å². The van der Waals surface area contributed by atoms with Gasteiger partial charge in [0, 0.05) is 49.1 Å². The number of benzene rings is 1. The summed E-state index contributed by atoms with van der Waals surface area (Å²) in [4.78, 5) is 33.9. The zero-order chi connectivity index (χ0) is 18.8. The van der Waals surface area contributed by atoms with Gasteiger partial charge in [-0.15, -0.1) is 0 Å². The second-order valence-corrected chi connectivity index (χ2v) is 6.72. The third-order valence-electron chi connectivity index (χ3n) is 5.13. The number of carbonyl (C=O) groups excluding carboxylic acids is 1. The number of aromatic amines is 2. The summed E-state index contributed by atoms with van der Waals surface area (Å²) >= 11 is 0. The summed E-state index contributed by atoms with van der Waals surface area (Å²) in [6.45, 7) is 3.84. The Morgan fingerprint density at radius 3 is 2.81 bits per heavy atom. The first-order chi connectivity index (χ1) is 13.2. The topological polar surface area (TPSA) is 99.7 Å². The van der Waals surface area contributed by atoms with Gasteiger partial charge in [-0.25, -0.2) is 14.9 Å². The van der Waals surface area contributed by atoms with Crippen LogP contribution in [0.5, 0.6) is 0 Å². The molecule has 3 heterocycles. The Bertz CT molecular complexity index is 980. The smallest absolute Gasteiger partial charge is 0.343 e. The number of likely N-dealkylation sites (tertiary alicyclic amines) is 1. The van der Waals surface area contributed by atoms with Gasteiger partial charge >= 0.3 is 5.69 Å². The molecule has 1 amide bonds. The van der Waals surface area contributed by atoms with Crippen LogP contribution in [0.4, 0.5) is 0 Å². The molecule has 1 fully saturated rings. The highest BCUT2D eigenvalue weighted by molar-refractivity contribution is 5.95. The van der Waals surface area contributed by atoms with Crippen LogP contribution in [0, 0.1) is 0 Å². The zero-order valence-electron chi connectivity index (χ0n) is 15.2. The van der Waals surface area contributed by atoms with E-state index in [-0.39, 0.29) is 17.5 Å². The minimum absolute atomic E-state index is 0.0248. The quantitative estimate of drug-likeness (QED) is 0.738. The summed E-state index contributed by atoms with van der Waals surface area (Å²) < 4.78 is 1.68. The minimum Gasteiger partial charge on any atom is -0.345 e. The molecule has 2 N–H and O–H groups in total. The molecule has 0 aliphatic carbocycles. The van der Waals surface area contributed by atoms with Crippen LogP contribution >= 0.6 is 0 Å². The van der Waals surface area contributed by atoms with Crippen LogP contribution in [-0.2, 0) is 6.54 Å². The number of rotatable bonds is 4. The van der Waals surface area contributed by atoms with Gasteiger partial charge in [-0.3, -0.25) is 9.36 Å². The van der Waals surface area contributed by atoms with E-state index < -0.39 is 0 Å². The van der Waals surface area contributed by atoms with Crippen molar-refractivity contribution in [2.75, 3.05) is 13.1 Å². The number of hydrogen-bond acceptors (Lipinski definition) is 4. The van der Waals surface area contributed by atoms with E-state index in [0.29, 0.717) is 25.2 Å². The first kappa shape index (κ1) is 17.3. The molecule has 1 saturated heterocycles. The van der Waals surface area contributed by atoms with E-state index in [4.69, 9.17) is 0 Å². The van der Waals surface area contributed by atoms with Crippen molar-refractivity contribution in [1.29, 1.82) is 0 Å². The largest absolute Gasteiger partial charge is 0.345 e. The second kappa shape index (κ2) is 7.22. The number of hydrogen-bond donors (Lipinski definition) is 2. The maximum atomic E-state index is 12.9. The monoisotopic (exact) mass is 366 g/mol. The van der Waals surface area contributed by atoms with Gasteiger partial charge in [-0.05, 0) is 31.9 Å². The van der Waals surface area contributed by atoms with Gasteiger partial charge in [0.1, 0.15) is 11.6 Å². The van der Waals surface area contributed by atoms with Crippen molar-refractivity contribution in [3.05, 3.63) is 58.5 Å². The molecule has 0 spiro atoms. The summed E-state index contributed by atoms with van der Waals surface area (Å²) in [5.74, 6) is 1.77. The minimum atomic E-state index is -0.166. The number of nitrogens with one attached hydrogen (secondary N) is 2. The van der Waals surface area contributed by atoms with Gasteiger partial charge in [-0.1, -0.05) is 12.1 Å². The lowest BCUT2D eigenvalue weighted by atomic mass is 9.95. The predicted octanol–water partition coefficient (Wildman–Crippen LogP) is 2.00. The van der Waals surface area contributed by atoms with E-state index in [1.165, 1.54) is 0 Å². The molecule has 3 aromatic rings. The molecule has 1 aromatic carbocycles. The van der Waals surface area contributed by atoms with Gasteiger partial charge in [0.15, 0.2) is 0 Å². The predicted molar refractivity (Wildman–Crippen MR) is 100 cm³/mol. The average molecular weight is 366 g/mol. The third kappa shape index (κ3) is 3.30. The van der Waals surface area contributed by atoms with E-state index in [2.05, 4.69) is 20.2 Å². The highest BCUT2D eigenvalue weighted by Gasteiger charge is 2.28. The van der Waals surface area contributed by atoms with Crippen LogP contribution in [0.2, 0.25) is 0 Å². The van der Waals surface area contributed by atoms with Gasteiger partial charge in [-0.2, -0.15) is 5.10 Å². The van der Waals surface area contributed by atoms with Crippen LogP contribution in [-0.4, -0.2) is 48.6 Å². The number of aromatic nitrogens is 5.